The molecule has 1 fully saturated rings. The van der Waals surface area contributed by atoms with Crippen LogP contribution in [0.2, 0.25) is 0 Å². The zero-order valence-electron chi connectivity index (χ0n) is 7.50. The minimum Gasteiger partial charge on any atom is -0.454 e. The molecule has 1 aromatic carbocycles. The molecule has 0 N–H and O–H groups in total. The Balaban J connectivity index is 2.30. The summed E-state index contributed by atoms with van der Waals surface area (Å²) < 4.78 is 6.14. The van der Waals surface area contributed by atoms with E-state index >= 15 is 0 Å². The molecule has 0 spiro atoms. The average Bonchev–Trinajstić information content (AvgIpc) is 2.48. The normalized spacial score (nSPS) is 21.1. The Morgan fingerprint density at radius 3 is 2.71 bits per heavy atom. The summed E-state index contributed by atoms with van der Waals surface area (Å²) in [4.78, 5) is 11.1. The van der Waals surface area contributed by atoms with Gasteiger partial charge in [-0.1, -0.05) is 40.7 Å². The van der Waals surface area contributed by atoms with Crippen molar-refractivity contribution >= 4 is 21.9 Å². The number of carbonyl (C=O) groups is 1. The summed E-state index contributed by atoms with van der Waals surface area (Å²) in [6.45, 7) is 3.65. The van der Waals surface area contributed by atoms with Gasteiger partial charge in [-0.3, -0.25) is 0 Å². The lowest BCUT2D eigenvalue weighted by Crippen LogP contribution is -1.99. The van der Waals surface area contributed by atoms with Crippen LogP contribution in [-0.4, -0.2) is 5.97 Å². The van der Waals surface area contributed by atoms with E-state index in [0.717, 1.165) is 10.0 Å². The molecule has 1 aliphatic rings. The number of carbonyl (C=O) groups excluding carboxylic acids is 1. The Hall–Kier alpha value is -1.09. The van der Waals surface area contributed by atoms with Crippen molar-refractivity contribution in [3.63, 3.8) is 0 Å². The van der Waals surface area contributed by atoms with Gasteiger partial charge in [0.2, 0.25) is 0 Å². The van der Waals surface area contributed by atoms with Crippen molar-refractivity contribution in [2.75, 3.05) is 0 Å². The number of halogens is 1. The largest absolute Gasteiger partial charge is 0.454 e. The maximum atomic E-state index is 11.1. The SMILES string of the molecule is C=C1CC(c2ccccc2Br)OC1=O. The Bertz CT molecular complexity index is 382. The highest BCUT2D eigenvalue weighted by atomic mass is 79.9. The minimum absolute atomic E-state index is 0.175. The van der Waals surface area contributed by atoms with Crippen LogP contribution in [0.4, 0.5) is 0 Å². The summed E-state index contributed by atoms with van der Waals surface area (Å²) in [5.41, 5.74) is 1.55. The summed E-state index contributed by atoms with van der Waals surface area (Å²) >= 11 is 3.43. The molecule has 0 radical (unpaired) electrons. The predicted octanol–water partition coefficient (Wildman–Crippen LogP) is 2.99. The number of rotatable bonds is 1. The Morgan fingerprint density at radius 1 is 1.43 bits per heavy atom. The fourth-order valence-corrected chi connectivity index (χ4v) is 2.01. The van der Waals surface area contributed by atoms with Crippen molar-refractivity contribution in [1.82, 2.24) is 0 Å². The smallest absolute Gasteiger partial charge is 0.334 e. The summed E-state index contributed by atoms with van der Waals surface area (Å²) in [6.07, 6.45) is 0.409. The van der Waals surface area contributed by atoms with Gasteiger partial charge in [0, 0.05) is 22.0 Å². The molecule has 3 heteroatoms. The molecule has 1 atom stereocenters. The Kier molecular flexibility index (Phi) is 2.42. The van der Waals surface area contributed by atoms with Crippen LogP contribution >= 0.6 is 15.9 Å². The molecule has 0 bridgehead atoms. The van der Waals surface area contributed by atoms with Gasteiger partial charge in [-0.05, 0) is 6.07 Å². The highest BCUT2D eigenvalue weighted by molar-refractivity contribution is 9.10. The average molecular weight is 253 g/mol. The van der Waals surface area contributed by atoms with Gasteiger partial charge in [0.1, 0.15) is 6.10 Å². The number of ether oxygens (including phenoxy) is 1. The third-order valence-corrected chi connectivity index (χ3v) is 2.94. The first kappa shape index (κ1) is 9.46. The van der Waals surface area contributed by atoms with E-state index in [4.69, 9.17) is 4.74 Å². The van der Waals surface area contributed by atoms with Crippen molar-refractivity contribution in [3.8, 4) is 0 Å². The number of cyclic esters (lactones) is 1. The molecule has 0 amide bonds. The summed E-state index contributed by atoms with van der Waals surface area (Å²) in [5.74, 6) is -0.286. The van der Waals surface area contributed by atoms with Crippen LogP contribution in [-0.2, 0) is 9.53 Å². The molecule has 1 aliphatic heterocycles. The fourth-order valence-electron chi connectivity index (χ4n) is 1.47. The van der Waals surface area contributed by atoms with Crippen LogP contribution in [0.3, 0.4) is 0 Å². The van der Waals surface area contributed by atoms with E-state index in [2.05, 4.69) is 22.5 Å². The van der Waals surface area contributed by atoms with E-state index < -0.39 is 0 Å². The molecule has 1 unspecified atom stereocenters. The lowest BCUT2D eigenvalue weighted by atomic mass is 10.1. The van der Waals surface area contributed by atoms with Crippen molar-refractivity contribution in [1.29, 1.82) is 0 Å². The second kappa shape index (κ2) is 3.58. The van der Waals surface area contributed by atoms with E-state index in [0.29, 0.717) is 12.0 Å². The van der Waals surface area contributed by atoms with Crippen molar-refractivity contribution in [3.05, 3.63) is 46.5 Å². The van der Waals surface area contributed by atoms with E-state index in [9.17, 15) is 4.79 Å². The topological polar surface area (TPSA) is 26.3 Å². The molecule has 0 aromatic heterocycles. The van der Waals surface area contributed by atoms with Crippen molar-refractivity contribution < 1.29 is 9.53 Å². The second-order valence-corrected chi connectivity index (χ2v) is 4.08. The van der Waals surface area contributed by atoms with Crippen LogP contribution in [0.1, 0.15) is 18.1 Å². The van der Waals surface area contributed by atoms with Crippen LogP contribution in [0.15, 0.2) is 40.9 Å². The van der Waals surface area contributed by atoms with Crippen LogP contribution in [0.25, 0.3) is 0 Å². The summed E-state index contributed by atoms with van der Waals surface area (Å²) in [6, 6.07) is 7.74. The number of hydrogen-bond acceptors (Lipinski definition) is 2. The zero-order chi connectivity index (χ0) is 10.1. The quantitative estimate of drug-likeness (QED) is 0.568. The molecular formula is C11H9BrO2. The van der Waals surface area contributed by atoms with Crippen LogP contribution in [0.5, 0.6) is 0 Å². The van der Waals surface area contributed by atoms with Crippen LogP contribution < -0.4 is 0 Å². The van der Waals surface area contributed by atoms with Crippen LogP contribution in [0, 0.1) is 0 Å². The molecule has 14 heavy (non-hydrogen) atoms. The molecule has 2 nitrogen and oxygen atoms in total. The number of benzene rings is 1. The third kappa shape index (κ3) is 1.60. The van der Waals surface area contributed by atoms with Gasteiger partial charge in [0.05, 0.1) is 0 Å². The maximum Gasteiger partial charge on any atom is 0.334 e. The molecule has 2 rings (SSSR count). The zero-order valence-corrected chi connectivity index (χ0v) is 9.08. The highest BCUT2D eigenvalue weighted by Gasteiger charge is 2.29. The molecule has 1 saturated heterocycles. The first-order chi connectivity index (χ1) is 6.68. The lowest BCUT2D eigenvalue weighted by Gasteiger charge is -2.10. The molecule has 0 saturated carbocycles. The molecule has 0 aliphatic carbocycles. The van der Waals surface area contributed by atoms with Gasteiger partial charge in [0.25, 0.3) is 0 Å². The van der Waals surface area contributed by atoms with E-state index in [1.807, 2.05) is 24.3 Å². The van der Waals surface area contributed by atoms with Crippen molar-refractivity contribution in [2.24, 2.45) is 0 Å². The van der Waals surface area contributed by atoms with E-state index in [-0.39, 0.29) is 12.1 Å². The second-order valence-electron chi connectivity index (χ2n) is 3.22. The first-order valence-corrected chi connectivity index (χ1v) is 5.11. The summed E-state index contributed by atoms with van der Waals surface area (Å²) in [7, 11) is 0. The van der Waals surface area contributed by atoms with Gasteiger partial charge >= 0.3 is 5.97 Å². The third-order valence-electron chi connectivity index (χ3n) is 2.22. The van der Waals surface area contributed by atoms with Gasteiger partial charge in [-0.2, -0.15) is 0 Å². The predicted molar refractivity (Wildman–Crippen MR) is 56.7 cm³/mol. The van der Waals surface area contributed by atoms with Gasteiger partial charge in [0.15, 0.2) is 0 Å². The van der Waals surface area contributed by atoms with Gasteiger partial charge < -0.3 is 4.74 Å². The van der Waals surface area contributed by atoms with Gasteiger partial charge in [-0.25, -0.2) is 4.79 Å². The maximum absolute atomic E-state index is 11.1. The Morgan fingerprint density at radius 2 is 2.14 bits per heavy atom. The molecule has 1 aromatic rings. The minimum atomic E-state index is -0.286. The molecular weight excluding hydrogens is 244 g/mol. The number of esters is 1. The molecule has 1 heterocycles. The fraction of sp³-hybridized carbons (Fsp3) is 0.182. The Labute approximate surface area is 90.7 Å². The van der Waals surface area contributed by atoms with E-state index in [1.165, 1.54) is 0 Å². The monoisotopic (exact) mass is 252 g/mol. The number of hydrogen-bond donors (Lipinski definition) is 0. The highest BCUT2D eigenvalue weighted by Crippen LogP contribution is 2.35. The van der Waals surface area contributed by atoms with E-state index in [1.54, 1.807) is 0 Å². The standard InChI is InChI=1S/C11H9BrO2/c1-7-6-10(14-11(7)13)8-4-2-3-5-9(8)12/h2-5,10H,1,6H2. The lowest BCUT2D eigenvalue weighted by molar-refractivity contribution is -0.139. The first-order valence-electron chi connectivity index (χ1n) is 4.31. The van der Waals surface area contributed by atoms with Gasteiger partial charge in [-0.15, -0.1) is 0 Å². The van der Waals surface area contributed by atoms with Crippen molar-refractivity contribution in [2.45, 2.75) is 12.5 Å². The molecule has 72 valence electrons. The summed E-state index contributed by atoms with van der Waals surface area (Å²) in [5, 5.41) is 0.